The van der Waals surface area contributed by atoms with E-state index in [2.05, 4.69) is 13.8 Å². The topological polar surface area (TPSA) is 80.3 Å². The first-order valence-corrected chi connectivity index (χ1v) is 17.9. The fourth-order valence-corrected chi connectivity index (χ4v) is 5.28. The minimum atomic E-state index is -0.903. The molecule has 0 unspecified atom stereocenters. The fourth-order valence-electron chi connectivity index (χ4n) is 5.28. The van der Waals surface area contributed by atoms with Crippen molar-refractivity contribution in [3.8, 4) is 0 Å². The Morgan fingerprint density at radius 1 is 0.333 bits per heavy atom. The van der Waals surface area contributed by atoms with Crippen molar-refractivity contribution in [2.45, 2.75) is 219 Å². The van der Waals surface area contributed by atoms with Crippen molar-refractivity contribution < 1.29 is 68.8 Å². The maximum atomic E-state index is 10.2. The number of rotatable bonds is 32. The van der Waals surface area contributed by atoms with Gasteiger partial charge in [-0.25, -0.2) is 0 Å². The predicted molar refractivity (Wildman–Crippen MR) is 169 cm³/mol. The number of carbonyl (C=O) groups excluding carboxylic acids is 2. The molecule has 0 aliphatic heterocycles. The van der Waals surface area contributed by atoms with E-state index in [0.29, 0.717) is 0 Å². The van der Waals surface area contributed by atoms with E-state index in [1.165, 1.54) is 167 Å². The Balaban J connectivity index is -0.000000328. The monoisotopic (exact) mass is 653 g/mol. The molecule has 0 saturated carbocycles. The van der Waals surface area contributed by atoms with Crippen LogP contribution < -0.4 is 39.8 Å². The minimum Gasteiger partial charge on any atom is -0.550 e. The van der Waals surface area contributed by atoms with Gasteiger partial charge in [-0.2, -0.15) is 0 Å². The smallest absolute Gasteiger partial charge is 0.550 e. The summed E-state index contributed by atoms with van der Waals surface area (Å²) in [5.74, 6) is -1.81. The summed E-state index contributed by atoms with van der Waals surface area (Å²) in [6.07, 6.45) is 39.7. The Kier molecular flexibility index (Phi) is 54.1. The van der Waals surface area contributed by atoms with E-state index in [1.807, 2.05) is 0 Å². The van der Waals surface area contributed by atoms with E-state index in [-0.39, 0.29) is 61.9 Å². The summed E-state index contributed by atoms with van der Waals surface area (Å²) < 4.78 is 0. The molecule has 0 spiro atoms. The Labute approximate surface area is 298 Å². The maximum absolute atomic E-state index is 10.2. The molecule has 6 heteroatoms. The normalized spacial score (nSPS) is 10.3. The van der Waals surface area contributed by atoms with E-state index >= 15 is 0 Å². The van der Waals surface area contributed by atoms with Gasteiger partial charge in [-0.3, -0.25) is 0 Å². The van der Waals surface area contributed by atoms with Crippen LogP contribution in [0.15, 0.2) is 0 Å². The second kappa shape index (κ2) is 46.0. The molecule has 42 heavy (non-hydrogen) atoms. The molecular weight excluding hydrogens is 585 g/mol. The molecule has 0 aliphatic carbocycles. The zero-order chi connectivity index (χ0) is 29.8. The van der Waals surface area contributed by atoms with Crippen molar-refractivity contribution in [3.05, 3.63) is 0 Å². The summed E-state index contributed by atoms with van der Waals surface area (Å²) in [6, 6.07) is 0. The third kappa shape index (κ3) is 53.1. The van der Waals surface area contributed by atoms with Crippen molar-refractivity contribution in [1.29, 1.82) is 0 Å². The summed E-state index contributed by atoms with van der Waals surface area (Å²) in [5.41, 5.74) is 0. The fraction of sp³-hybridized carbons (Fsp3) is 0.944. The first kappa shape index (κ1) is 49.4. The second-order valence-corrected chi connectivity index (χ2v) is 12.1. The molecule has 0 amide bonds. The van der Waals surface area contributed by atoms with Gasteiger partial charge in [0.25, 0.3) is 0 Å². The standard InChI is InChI=1S/2C18H36O2.Na.Zn/c2*1-2-3-4-5-6-7-8-9-10-11-12-13-14-15-16-17-18(19)20;;/h2*2-17H2,1H3,(H,19,20);;/q;;+1;+2/p-2. The van der Waals surface area contributed by atoms with Crippen molar-refractivity contribution in [3.63, 3.8) is 0 Å². The number of carboxylic acids is 2. The molecule has 0 N–H and O–H groups in total. The number of hydrogen-bond acceptors (Lipinski definition) is 4. The predicted octanol–water partition coefficient (Wildman–Crippen LogP) is 7.00. The van der Waals surface area contributed by atoms with E-state index in [4.69, 9.17) is 0 Å². The molecular formula is C36H70NaO4Zn+. The molecule has 4 nitrogen and oxygen atoms in total. The van der Waals surface area contributed by atoms with Crippen molar-refractivity contribution in [2.75, 3.05) is 0 Å². The van der Waals surface area contributed by atoms with Crippen LogP contribution in [0.25, 0.3) is 0 Å². The zero-order valence-electron chi connectivity index (χ0n) is 29.0. The Hall–Kier alpha value is 0.563. The first-order valence-electron chi connectivity index (χ1n) is 17.9. The van der Waals surface area contributed by atoms with Crippen LogP contribution in [0.5, 0.6) is 0 Å². The summed E-state index contributed by atoms with van der Waals surface area (Å²) in [6.45, 7) is 4.53. The van der Waals surface area contributed by atoms with Crippen LogP contribution in [0.4, 0.5) is 0 Å². The SMILES string of the molecule is CCCCCCCCCCCCCCCCCC(=O)[O-].CCCCCCCCCCCCCCCCCC(=O)[O-].[Na+].[Zn+2]. The van der Waals surface area contributed by atoms with Gasteiger partial charge >= 0.3 is 49.0 Å². The van der Waals surface area contributed by atoms with Gasteiger partial charge in [-0.05, 0) is 25.7 Å². The number of unbranched alkanes of at least 4 members (excludes halogenated alkanes) is 28. The van der Waals surface area contributed by atoms with Crippen LogP contribution in [-0.4, -0.2) is 11.9 Å². The molecule has 0 bridgehead atoms. The van der Waals surface area contributed by atoms with E-state index < -0.39 is 11.9 Å². The quantitative estimate of drug-likeness (QED) is 0.0578. The molecule has 0 saturated heterocycles. The molecule has 0 radical (unpaired) electrons. The van der Waals surface area contributed by atoms with Crippen LogP contribution in [0.3, 0.4) is 0 Å². The molecule has 0 rings (SSSR count). The maximum Gasteiger partial charge on any atom is 2.00 e. The van der Waals surface area contributed by atoms with Crippen LogP contribution in [0.2, 0.25) is 0 Å². The van der Waals surface area contributed by atoms with Crippen LogP contribution in [0, 0.1) is 0 Å². The van der Waals surface area contributed by atoms with Gasteiger partial charge in [0.2, 0.25) is 0 Å². The Bertz CT molecular complexity index is 461. The van der Waals surface area contributed by atoms with Crippen molar-refractivity contribution in [2.24, 2.45) is 0 Å². The number of carboxylic acid groups (broad SMARTS) is 2. The largest absolute Gasteiger partial charge is 2.00 e. The van der Waals surface area contributed by atoms with E-state index in [1.54, 1.807) is 0 Å². The summed E-state index contributed by atoms with van der Waals surface area (Å²) >= 11 is 0. The van der Waals surface area contributed by atoms with Gasteiger partial charge in [0.05, 0.1) is 0 Å². The third-order valence-corrected chi connectivity index (χ3v) is 7.97. The van der Waals surface area contributed by atoms with Gasteiger partial charge in [0.15, 0.2) is 0 Å². The average molecular weight is 655 g/mol. The third-order valence-electron chi connectivity index (χ3n) is 7.97. The van der Waals surface area contributed by atoms with Gasteiger partial charge in [-0.15, -0.1) is 0 Å². The van der Waals surface area contributed by atoms with Crippen molar-refractivity contribution >= 4 is 11.9 Å². The number of aliphatic carboxylic acids is 2. The van der Waals surface area contributed by atoms with Gasteiger partial charge < -0.3 is 19.8 Å². The van der Waals surface area contributed by atoms with Gasteiger partial charge in [0, 0.05) is 11.9 Å². The molecule has 0 heterocycles. The Morgan fingerprint density at radius 2 is 0.476 bits per heavy atom. The van der Waals surface area contributed by atoms with Crippen LogP contribution in [-0.2, 0) is 29.1 Å². The molecule has 0 atom stereocenters. The molecule has 0 aromatic heterocycles. The van der Waals surface area contributed by atoms with E-state index in [9.17, 15) is 19.8 Å². The zero-order valence-corrected chi connectivity index (χ0v) is 33.9. The van der Waals surface area contributed by atoms with Gasteiger partial charge in [0.1, 0.15) is 0 Å². The number of carbonyl (C=O) groups is 2. The second-order valence-electron chi connectivity index (χ2n) is 12.1. The molecule has 240 valence electrons. The summed E-state index contributed by atoms with van der Waals surface area (Å²) in [7, 11) is 0. The van der Waals surface area contributed by atoms with Gasteiger partial charge in [-0.1, -0.05) is 194 Å². The average Bonchev–Trinajstić information content (AvgIpc) is 2.93. The van der Waals surface area contributed by atoms with Crippen molar-refractivity contribution in [1.82, 2.24) is 0 Å². The molecule has 0 aromatic carbocycles. The Morgan fingerprint density at radius 3 is 0.619 bits per heavy atom. The van der Waals surface area contributed by atoms with E-state index in [0.717, 1.165) is 25.7 Å². The number of hydrogen-bond donors (Lipinski definition) is 0. The first-order chi connectivity index (χ1) is 19.5. The molecule has 0 aromatic rings. The molecule has 0 fully saturated rings. The van der Waals surface area contributed by atoms with Crippen LogP contribution in [0.1, 0.15) is 219 Å². The summed E-state index contributed by atoms with van der Waals surface area (Å²) in [5, 5.41) is 20.4. The summed E-state index contributed by atoms with van der Waals surface area (Å²) in [4.78, 5) is 20.4. The van der Waals surface area contributed by atoms with Crippen LogP contribution >= 0.6 is 0 Å². The molecule has 0 aliphatic rings. The minimum absolute atomic E-state index is 0.